The summed E-state index contributed by atoms with van der Waals surface area (Å²) in [4.78, 5) is 10.9. The Morgan fingerprint density at radius 1 is 1.12 bits per heavy atom. The smallest absolute Gasteiger partial charge is 0.350 e. The summed E-state index contributed by atoms with van der Waals surface area (Å²) in [6.07, 6.45) is -6.18. The van der Waals surface area contributed by atoms with Crippen molar-refractivity contribution in [2.45, 2.75) is 29.7 Å². The summed E-state index contributed by atoms with van der Waals surface area (Å²) >= 11 is 11.1. The first-order valence-electron chi connectivity index (χ1n) is 6.16. The predicted octanol–water partition coefficient (Wildman–Crippen LogP) is 3.45. The fourth-order valence-corrected chi connectivity index (χ4v) is 3.72. The lowest BCUT2D eigenvalue weighted by Gasteiger charge is -2.37. The van der Waals surface area contributed by atoms with Gasteiger partial charge in [0.05, 0.1) is 10.0 Å². The van der Waals surface area contributed by atoms with Crippen LogP contribution in [0.5, 0.6) is 0 Å². The molecular weight excluding hydrogens is 439 g/mol. The Morgan fingerprint density at radius 2 is 1.54 bits per heavy atom. The molecule has 0 spiro atoms. The van der Waals surface area contributed by atoms with Crippen molar-refractivity contribution in [3.63, 3.8) is 0 Å². The summed E-state index contributed by atoms with van der Waals surface area (Å²) in [6, 6.07) is -5.09. The van der Waals surface area contributed by atoms with Gasteiger partial charge in [0.1, 0.15) is 4.90 Å². The van der Waals surface area contributed by atoms with E-state index in [0.29, 0.717) is 0 Å². The van der Waals surface area contributed by atoms with Crippen molar-refractivity contribution in [3.05, 3.63) is 28.2 Å². The Morgan fingerprint density at radius 3 is 1.88 bits per heavy atom. The van der Waals surface area contributed by atoms with Gasteiger partial charge in [-0.05, 0) is 19.1 Å². The molecule has 1 aromatic rings. The van der Waals surface area contributed by atoms with Crippen LogP contribution in [0.4, 0.5) is 31.1 Å². The molecule has 0 aliphatic rings. The van der Waals surface area contributed by atoms with Gasteiger partial charge in [-0.2, -0.15) is 27.0 Å². The van der Waals surface area contributed by atoms with E-state index in [-0.39, 0.29) is 0 Å². The summed E-state index contributed by atoms with van der Waals surface area (Å²) in [7, 11) is -5.26. The van der Waals surface area contributed by atoms with Crippen LogP contribution in [0, 0.1) is 0 Å². The van der Waals surface area contributed by atoms with E-state index in [0.717, 1.165) is 17.0 Å². The average molecular weight is 448 g/mol. The maximum absolute atomic E-state index is 14.0. The van der Waals surface area contributed by atoms with E-state index in [2.05, 4.69) is 5.73 Å². The molecule has 26 heavy (non-hydrogen) atoms. The Kier molecular flexibility index (Phi) is 6.03. The first kappa shape index (κ1) is 22.6. The molecule has 0 aliphatic heterocycles. The normalized spacial score (nSPS) is 15.4. The number of alkyl halides is 6. The summed E-state index contributed by atoms with van der Waals surface area (Å²) in [6.45, 7) is -0.598. The van der Waals surface area contributed by atoms with Crippen LogP contribution >= 0.6 is 23.2 Å². The van der Waals surface area contributed by atoms with Gasteiger partial charge in [-0.15, -0.1) is 4.83 Å². The molecule has 1 unspecified atom stereocenters. The molecule has 0 saturated heterocycles. The van der Waals surface area contributed by atoms with Crippen LogP contribution in [-0.4, -0.2) is 37.3 Å². The zero-order valence-corrected chi connectivity index (χ0v) is 14.7. The fourth-order valence-electron chi connectivity index (χ4n) is 1.53. The Bertz CT molecular complexity index is 796. The van der Waals surface area contributed by atoms with Crippen LogP contribution in [-0.2, 0) is 10.0 Å². The van der Waals surface area contributed by atoms with E-state index < -0.39 is 60.8 Å². The highest BCUT2D eigenvalue weighted by molar-refractivity contribution is 7.89. The van der Waals surface area contributed by atoms with E-state index >= 15 is 0 Å². The van der Waals surface area contributed by atoms with Crippen molar-refractivity contribution in [2.24, 2.45) is 5.73 Å². The minimum absolute atomic E-state index is 0.598. The second-order valence-corrected chi connectivity index (χ2v) is 7.27. The molecule has 15 heteroatoms. The van der Waals surface area contributed by atoms with E-state index in [4.69, 9.17) is 23.2 Å². The number of hydrogen-bond acceptors (Lipinski definition) is 3. The van der Waals surface area contributed by atoms with E-state index in [9.17, 15) is 39.6 Å². The summed E-state index contributed by atoms with van der Waals surface area (Å²) in [5.74, 6) is 0. The predicted molar refractivity (Wildman–Crippen MR) is 78.7 cm³/mol. The molecule has 1 atom stereocenters. The molecule has 3 N–H and O–H groups in total. The Hall–Kier alpha value is -1.44. The molecule has 0 saturated carbocycles. The monoisotopic (exact) mass is 447 g/mol. The zero-order valence-electron chi connectivity index (χ0n) is 12.4. The molecule has 1 aromatic carbocycles. The average Bonchev–Trinajstić information content (AvgIpc) is 2.42. The van der Waals surface area contributed by atoms with Crippen LogP contribution in [0.15, 0.2) is 23.1 Å². The summed E-state index contributed by atoms with van der Waals surface area (Å²) in [5.41, 5.74) is -0.855. The molecule has 0 aromatic heterocycles. The molecule has 0 bridgehead atoms. The van der Waals surface area contributed by atoms with Gasteiger partial charge in [-0.1, -0.05) is 29.3 Å². The van der Waals surface area contributed by atoms with Crippen molar-refractivity contribution in [1.29, 1.82) is 0 Å². The third kappa shape index (κ3) is 3.94. The third-order valence-electron chi connectivity index (χ3n) is 3.00. The Balaban J connectivity index is 3.47. The molecule has 1 rings (SSSR count). The highest BCUT2D eigenvalue weighted by atomic mass is 35.5. The lowest BCUT2D eigenvalue weighted by molar-refractivity contribution is -0.329. The maximum atomic E-state index is 14.0. The van der Waals surface area contributed by atoms with Gasteiger partial charge < -0.3 is 5.73 Å². The topological polar surface area (TPSA) is 92.5 Å². The molecular formula is C11H9Cl2F6N3O3S. The van der Waals surface area contributed by atoms with Gasteiger partial charge in [0.15, 0.2) is 0 Å². The van der Waals surface area contributed by atoms with Crippen molar-refractivity contribution in [3.8, 4) is 0 Å². The van der Waals surface area contributed by atoms with Crippen LogP contribution in [0.1, 0.15) is 6.92 Å². The number of urea groups is 1. The number of halogens is 8. The van der Waals surface area contributed by atoms with E-state index in [1.165, 1.54) is 6.07 Å². The molecule has 0 radical (unpaired) electrons. The summed E-state index contributed by atoms with van der Waals surface area (Å²) < 4.78 is 104. The van der Waals surface area contributed by atoms with E-state index in [1.54, 1.807) is 0 Å². The highest BCUT2D eigenvalue weighted by Crippen LogP contribution is 2.46. The fraction of sp³-hybridized carbons (Fsp3) is 0.364. The number of carbonyl (C=O) groups excluding carboxylic acids is 1. The van der Waals surface area contributed by atoms with Gasteiger partial charge in [0, 0.05) is 0 Å². The van der Waals surface area contributed by atoms with E-state index in [1.807, 2.05) is 0 Å². The largest absolute Gasteiger partial charge is 0.430 e. The molecule has 148 valence electrons. The van der Waals surface area contributed by atoms with Gasteiger partial charge in [0.25, 0.3) is 15.7 Å². The lowest BCUT2D eigenvalue weighted by atomic mass is 10.1. The van der Waals surface area contributed by atoms with Crippen LogP contribution in [0.2, 0.25) is 10.0 Å². The molecule has 0 fully saturated rings. The number of nitrogens with two attached hydrogens (primary N) is 1. The molecule has 2 amide bonds. The number of sulfonamides is 1. The van der Waals surface area contributed by atoms with Crippen LogP contribution < -0.4 is 10.6 Å². The minimum Gasteiger partial charge on any atom is -0.350 e. The molecule has 6 nitrogen and oxygen atoms in total. The Labute approximate surface area is 152 Å². The number of nitrogens with one attached hydrogen (secondary N) is 1. The van der Waals surface area contributed by atoms with Gasteiger partial charge >= 0.3 is 18.3 Å². The number of rotatable bonds is 5. The van der Waals surface area contributed by atoms with Gasteiger partial charge in [-0.3, -0.25) is 0 Å². The molecule has 0 aliphatic carbocycles. The molecule has 0 heterocycles. The number of amides is 2. The second kappa shape index (κ2) is 6.94. The quantitative estimate of drug-likeness (QED) is 0.411. The maximum Gasteiger partial charge on any atom is 0.430 e. The van der Waals surface area contributed by atoms with Gasteiger partial charge in [-0.25, -0.2) is 17.6 Å². The number of hydrogen-bond donors (Lipinski definition) is 2. The lowest BCUT2D eigenvalue weighted by Crippen LogP contribution is -2.68. The van der Waals surface area contributed by atoms with Crippen molar-refractivity contribution in [1.82, 2.24) is 9.84 Å². The number of nitrogens with zero attached hydrogens (tertiary/aromatic N) is 1. The second-order valence-electron chi connectivity index (χ2n) is 4.86. The van der Waals surface area contributed by atoms with Crippen LogP contribution in [0.3, 0.4) is 0 Å². The van der Waals surface area contributed by atoms with Crippen molar-refractivity contribution < 1.29 is 39.6 Å². The third-order valence-corrected chi connectivity index (χ3v) is 5.25. The zero-order chi connectivity index (χ0) is 20.7. The SMILES string of the molecule is CC(F)(C(F)(F)F)C(F)(F)N(NS(=O)(=O)c1c(Cl)cccc1Cl)C(N)=O. The summed E-state index contributed by atoms with van der Waals surface area (Å²) in [5, 5.41) is -2.73. The first-order chi connectivity index (χ1) is 11.5. The van der Waals surface area contributed by atoms with Crippen molar-refractivity contribution >= 4 is 39.3 Å². The highest BCUT2D eigenvalue weighted by Gasteiger charge is 2.72. The number of carbonyl (C=O) groups is 1. The number of benzene rings is 1. The first-order valence-corrected chi connectivity index (χ1v) is 8.40. The number of primary amides is 1. The number of hydrazine groups is 1. The van der Waals surface area contributed by atoms with Crippen molar-refractivity contribution in [2.75, 3.05) is 0 Å². The van der Waals surface area contributed by atoms with Gasteiger partial charge in [0.2, 0.25) is 0 Å². The minimum atomic E-state index is -6.18. The standard InChI is InChI=1S/C11H9Cl2F6N3O3S/c1-9(14,10(15,16)17)11(18,19)22(8(20)23)21-26(24,25)7-5(12)3-2-4-6(7)13/h2-4,21H,1H3,(H2,20,23). The van der Waals surface area contributed by atoms with Crippen LogP contribution in [0.25, 0.3) is 0 Å².